The van der Waals surface area contributed by atoms with Crippen molar-refractivity contribution >= 4 is 19.0 Å². The first-order valence-electron chi connectivity index (χ1n) is 6.31. The molecule has 0 spiro atoms. The summed E-state index contributed by atoms with van der Waals surface area (Å²) < 4.78 is 22.6. The predicted molar refractivity (Wildman–Crippen MR) is 73.3 cm³/mol. The van der Waals surface area contributed by atoms with Gasteiger partial charge in [-0.25, -0.2) is 0 Å². The lowest BCUT2D eigenvalue weighted by Crippen LogP contribution is -2.50. The number of ether oxygens (including phenoxy) is 1. The largest absolute Gasteiger partial charge is 0.503 e. The Kier molecular flexibility index (Phi) is 5.81. The van der Waals surface area contributed by atoms with Crippen LogP contribution in [0.1, 0.15) is 32.6 Å². The van der Waals surface area contributed by atoms with Crippen LogP contribution in [0.25, 0.3) is 0 Å². The Bertz CT molecular complexity index is 219. The molecule has 1 rings (SSSR count). The van der Waals surface area contributed by atoms with E-state index in [1.165, 1.54) is 19.3 Å². The van der Waals surface area contributed by atoms with E-state index in [2.05, 4.69) is 6.92 Å². The van der Waals surface area contributed by atoms with Crippen molar-refractivity contribution < 1.29 is 18.0 Å². The van der Waals surface area contributed by atoms with Crippen LogP contribution in [0.3, 0.4) is 0 Å². The maximum absolute atomic E-state index is 5.98. The topological polar surface area (TPSA) is 36.9 Å². The fourth-order valence-corrected chi connectivity index (χ4v) is 6.75. The molecule has 1 heterocycles. The summed E-state index contributed by atoms with van der Waals surface area (Å²) in [7, 11) is 3.58. The zero-order valence-corrected chi connectivity index (χ0v) is 14.7. The van der Waals surface area contributed by atoms with Crippen LogP contribution in [-0.2, 0) is 18.0 Å². The quantitative estimate of drug-likeness (QED) is 0.677. The van der Waals surface area contributed by atoms with Crippen molar-refractivity contribution in [3.63, 3.8) is 0 Å². The minimum Gasteiger partial charge on any atom is -0.380 e. The first-order valence-corrected chi connectivity index (χ1v) is 9.11. The normalized spacial score (nSPS) is 28.2. The van der Waals surface area contributed by atoms with Gasteiger partial charge in [-0.2, -0.15) is 0 Å². The molecular weight excluding hydrogens is 252 g/mol. The predicted octanol–water partition coefficient (Wildman–Crippen LogP) is 0.907. The zero-order chi connectivity index (χ0) is 12.9. The third-order valence-electron chi connectivity index (χ3n) is 3.75. The Morgan fingerprint density at radius 2 is 1.82 bits per heavy atom. The van der Waals surface area contributed by atoms with E-state index in [9.17, 15) is 0 Å². The molecule has 2 atom stereocenters. The van der Waals surface area contributed by atoms with Gasteiger partial charge in [0, 0.05) is 48.9 Å². The van der Waals surface area contributed by atoms with Crippen molar-refractivity contribution in [2.24, 2.45) is 0 Å². The smallest absolute Gasteiger partial charge is 0.380 e. The molecule has 1 saturated heterocycles. The molecule has 17 heavy (non-hydrogen) atoms. The molecule has 0 amide bonds. The second kappa shape index (κ2) is 6.44. The highest BCUT2D eigenvalue weighted by Crippen LogP contribution is 2.36. The number of hydrogen-bond acceptors (Lipinski definition) is 4. The molecule has 1 aliphatic heterocycles. The Hall–Kier alpha value is 0.274. The molecule has 0 aromatic carbocycles. The van der Waals surface area contributed by atoms with E-state index in [1.54, 1.807) is 21.3 Å². The maximum Gasteiger partial charge on any atom is 0.503 e. The highest BCUT2D eigenvalue weighted by Gasteiger charge is 2.47. The number of rotatable bonds is 6. The summed E-state index contributed by atoms with van der Waals surface area (Å²) in [6.45, 7) is 3.05. The summed E-state index contributed by atoms with van der Waals surface area (Å²) in [5, 5.41) is 0.0888. The standard InChI is InChI=1S/C11H26O4Si2/c1-10(17(12-2,13-3)14-4)9-11(16)7-5-6-8-15-11/h10H,5-9H2,1-4,16H3. The molecule has 0 aromatic rings. The molecular formula is C11H26O4Si2. The van der Waals surface area contributed by atoms with Gasteiger partial charge >= 0.3 is 8.80 Å². The van der Waals surface area contributed by atoms with Gasteiger partial charge in [0.1, 0.15) is 0 Å². The lowest BCUT2D eigenvalue weighted by molar-refractivity contribution is -0.0278. The van der Waals surface area contributed by atoms with Gasteiger partial charge < -0.3 is 18.0 Å². The fourth-order valence-electron chi connectivity index (χ4n) is 2.78. The van der Waals surface area contributed by atoms with E-state index in [0.29, 0.717) is 0 Å². The Balaban J connectivity index is 2.65. The maximum atomic E-state index is 5.98. The Morgan fingerprint density at radius 3 is 2.24 bits per heavy atom. The molecule has 0 N–H and O–H groups in total. The molecule has 0 aliphatic carbocycles. The average molecular weight is 278 g/mol. The average Bonchev–Trinajstić information content (AvgIpc) is 2.32. The molecule has 0 aromatic heterocycles. The van der Waals surface area contributed by atoms with Gasteiger partial charge in [-0.3, -0.25) is 0 Å². The van der Waals surface area contributed by atoms with Gasteiger partial charge in [-0.1, -0.05) is 6.92 Å². The molecule has 2 unspecified atom stereocenters. The SMILES string of the molecule is CO[Si](OC)(OC)C(C)CC1([SiH3])CCCCO1. The molecule has 1 fully saturated rings. The number of hydrogen-bond donors (Lipinski definition) is 0. The van der Waals surface area contributed by atoms with E-state index < -0.39 is 8.80 Å². The lowest BCUT2D eigenvalue weighted by atomic mass is 10.0. The molecule has 0 saturated carbocycles. The molecule has 1 aliphatic rings. The molecule has 0 radical (unpaired) electrons. The van der Waals surface area contributed by atoms with Crippen molar-refractivity contribution in [1.29, 1.82) is 0 Å². The van der Waals surface area contributed by atoms with E-state index in [-0.39, 0.29) is 10.8 Å². The van der Waals surface area contributed by atoms with Crippen molar-refractivity contribution in [2.45, 2.75) is 43.4 Å². The summed E-state index contributed by atoms with van der Waals surface area (Å²) in [6.07, 6.45) is 4.63. The van der Waals surface area contributed by atoms with Gasteiger partial charge in [0.2, 0.25) is 0 Å². The third-order valence-corrected chi connectivity index (χ3v) is 8.06. The summed E-state index contributed by atoms with van der Waals surface area (Å²) in [4.78, 5) is 0. The summed E-state index contributed by atoms with van der Waals surface area (Å²) in [5.41, 5.74) is 0.276. The van der Waals surface area contributed by atoms with Gasteiger partial charge in [-0.15, -0.1) is 0 Å². The van der Waals surface area contributed by atoms with Crippen LogP contribution in [0.15, 0.2) is 0 Å². The van der Waals surface area contributed by atoms with Gasteiger partial charge in [0.05, 0.1) is 0 Å². The van der Waals surface area contributed by atoms with Crippen LogP contribution in [0.2, 0.25) is 5.54 Å². The Labute approximate surface area is 109 Å². The molecule has 4 nitrogen and oxygen atoms in total. The van der Waals surface area contributed by atoms with E-state index >= 15 is 0 Å². The van der Waals surface area contributed by atoms with Gasteiger partial charge in [0.15, 0.2) is 0 Å². The van der Waals surface area contributed by atoms with Crippen LogP contribution in [0.5, 0.6) is 0 Å². The van der Waals surface area contributed by atoms with Crippen molar-refractivity contribution in [3.05, 3.63) is 0 Å². The highest BCUT2D eigenvalue weighted by molar-refractivity contribution is 6.62. The van der Waals surface area contributed by atoms with Crippen LogP contribution in [-0.4, -0.2) is 52.2 Å². The Morgan fingerprint density at radius 1 is 1.24 bits per heavy atom. The van der Waals surface area contributed by atoms with Crippen molar-refractivity contribution in [2.75, 3.05) is 27.9 Å². The zero-order valence-electron chi connectivity index (χ0n) is 11.7. The second-order valence-electron chi connectivity index (χ2n) is 5.08. The summed E-state index contributed by atoms with van der Waals surface area (Å²) in [6, 6.07) is 0. The third kappa shape index (κ3) is 3.62. The van der Waals surface area contributed by atoms with E-state index in [4.69, 9.17) is 18.0 Å². The van der Waals surface area contributed by atoms with E-state index in [1.807, 2.05) is 0 Å². The van der Waals surface area contributed by atoms with Gasteiger partial charge in [-0.05, 0) is 25.7 Å². The van der Waals surface area contributed by atoms with Crippen molar-refractivity contribution in [3.8, 4) is 0 Å². The van der Waals surface area contributed by atoms with Crippen LogP contribution < -0.4 is 0 Å². The monoisotopic (exact) mass is 278 g/mol. The highest BCUT2D eigenvalue weighted by atomic mass is 28.4. The van der Waals surface area contributed by atoms with Crippen LogP contribution >= 0.6 is 0 Å². The molecule has 102 valence electrons. The molecule has 0 bridgehead atoms. The lowest BCUT2D eigenvalue weighted by Gasteiger charge is -2.39. The van der Waals surface area contributed by atoms with E-state index in [0.717, 1.165) is 23.3 Å². The first-order chi connectivity index (χ1) is 8.02. The summed E-state index contributed by atoms with van der Waals surface area (Å²) in [5.74, 6) is 0. The first kappa shape index (κ1) is 15.3. The minimum atomic E-state index is -2.51. The van der Waals surface area contributed by atoms with Crippen LogP contribution in [0.4, 0.5) is 0 Å². The van der Waals surface area contributed by atoms with Crippen LogP contribution in [0, 0.1) is 0 Å². The second-order valence-corrected chi connectivity index (χ2v) is 10.3. The minimum absolute atomic E-state index is 0.0888. The van der Waals surface area contributed by atoms with Crippen molar-refractivity contribution in [1.82, 2.24) is 0 Å². The summed E-state index contributed by atoms with van der Waals surface area (Å²) >= 11 is 0. The fraction of sp³-hybridized carbons (Fsp3) is 1.00. The molecule has 6 heteroatoms. The van der Waals surface area contributed by atoms with Gasteiger partial charge in [0.25, 0.3) is 0 Å².